The maximum Gasteiger partial charge on any atom is 0.0667 e. The van der Waals surface area contributed by atoms with Crippen molar-refractivity contribution in [1.82, 2.24) is 10.3 Å². The Morgan fingerprint density at radius 3 is 2.94 bits per heavy atom. The number of nitrogens with zero attached hydrogens (tertiary/aromatic N) is 1. The summed E-state index contributed by atoms with van der Waals surface area (Å²) in [6, 6.07) is 3.98. The van der Waals surface area contributed by atoms with Crippen LogP contribution in [0.4, 0.5) is 0 Å². The van der Waals surface area contributed by atoms with Crippen molar-refractivity contribution in [2.75, 3.05) is 6.54 Å². The molecule has 0 radical (unpaired) electrons. The standard InChI is InChI=1S/C14H22N2O/c17-14(8-12-4-1-2-5-12)11-16-10-13-6-3-7-15-9-13/h3,6-7,9,12,14,16-17H,1-2,4-5,8,10-11H2. The van der Waals surface area contributed by atoms with Crippen LogP contribution in [0.1, 0.15) is 37.7 Å². The van der Waals surface area contributed by atoms with E-state index in [0.717, 1.165) is 18.9 Å². The molecule has 0 bridgehead atoms. The number of nitrogens with one attached hydrogen (secondary N) is 1. The third-order valence-corrected chi connectivity index (χ3v) is 3.51. The molecule has 1 atom stereocenters. The molecule has 0 amide bonds. The van der Waals surface area contributed by atoms with E-state index in [9.17, 15) is 5.11 Å². The van der Waals surface area contributed by atoms with Crippen LogP contribution < -0.4 is 5.32 Å². The summed E-state index contributed by atoms with van der Waals surface area (Å²) in [5.74, 6) is 0.755. The van der Waals surface area contributed by atoms with Crippen molar-refractivity contribution in [2.24, 2.45) is 5.92 Å². The molecule has 17 heavy (non-hydrogen) atoms. The molecule has 1 saturated carbocycles. The van der Waals surface area contributed by atoms with Gasteiger partial charge in [-0.05, 0) is 24.0 Å². The van der Waals surface area contributed by atoms with Gasteiger partial charge in [0.05, 0.1) is 6.10 Å². The van der Waals surface area contributed by atoms with Gasteiger partial charge in [0, 0.05) is 25.5 Å². The molecule has 2 rings (SSSR count). The number of aliphatic hydroxyl groups is 1. The normalized spacial score (nSPS) is 18.4. The van der Waals surface area contributed by atoms with E-state index in [0.29, 0.717) is 6.54 Å². The average Bonchev–Trinajstić information content (AvgIpc) is 2.83. The van der Waals surface area contributed by atoms with Crippen LogP contribution in [-0.2, 0) is 6.54 Å². The molecule has 3 nitrogen and oxygen atoms in total. The Kier molecular flexibility index (Phi) is 4.95. The maximum atomic E-state index is 9.91. The van der Waals surface area contributed by atoms with Crippen LogP contribution in [0.3, 0.4) is 0 Å². The molecule has 0 aromatic carbocycles. The smallest absolute Gasteiger partial charge is 0.0667 e. The van der Waals surface area contributed by atoms with Crippen molar-refractivity contribution in [2.45, 2.75) is 44.8 Å². The highest BCUT2D eigenvalue weighted by atomic mass is 16.3. The second-order valence-electron chi connectivity index (χ2n) is 5.03. The number of aromatic nitrogens is 1. The van der Waals surface area contributed by atoms with Crippen LogP contribution in [0.25, 0.3) is 0 Å². The predicted molar refractivity (Wildman–Crippen MR) is 68.5 cm³/mol. The maximum absolute atomic E-state index is 9.91. The predicted octanol–water partition coefficient (Wildman–Crippen LogP) is 2.11. The first kappa shape index (κ1) is 12.5. The highest BCUT2D eigenvalue weighted by Gasteiger charge is 2.18. The van der Waals surface area contributed by atoms with Crippen LogP contribution in [0.15, 0.2) is 24.5 Å². The fraction of sp³-hybridized carbons (Fsp3) is 0.643. The van der Waals surface area contributed by atoms with Crippen molar-refractivity contribution >= 4 is 0 Å². The fourth-order valence-electron chi connectivity index (χ4n) is 2.60. The molecule has 94 valence electrons. The molecule has 1 aliphatic carbocycles. The quantitative estimate of drug-likeness (QED) is 0.792. The summed E-state index contributed by atoms with van der Waals surface area (Å²) in [5, 5.41) is 13.2. The lowest BCUT2D eigenvalue weighted by Gasteiger charge is -2.15. The Labute approximate surface area is 103 Å². The average molecular weight is 234 g/mol. The van der Waals surface area contributed by atoms with E-state index < -0.39 is 0 Å². The summed E-state index contributed by atoms with van der Waals surface area (Å²) in [6.07, 6.45) is 9.70. The van der Waals surface area contributed by atoms with Gasteiger partial charge >= 0.3 is 0 Å². The van der Waals surface area contributed by atoms with E-state index in [1.165, 1.54) is 31.2 Å². The highest BCUT2D eigenvalue weighted by molar-refractivity contribution is 5.07. The number of rotatable bonds is 6. The van der Waals surface area contributed by atoms with E-state index in [1.807, 2.05) is 18.3 Å². The monoisotopic (exact) mass is 234 g/mol. The lowest BCUT2D eigenvalue weighted by molar-refractivity contribution is 0.140. The highest BCUT2D eigenvalue weighted by Crippen LogP contribution is 2.28. The number of pyridine rings is 1. The first-order valence-corrected chi connectivity index (χ1v) is 6.62. The first-order chi connectivity index (χ1) is 8.34. The minimum absolute atomic E-state index is 0.199. The molecule has 1 aromatic rings. The van der Waals surface area contributed by atoms with Gasteiger partial charge < -0.3 is 10.4 Å². The molecule has 1 fully saturated rings. The van der Waals surface area contributed by atoms with Gasteiger partial charge in [-0.25, -0.2) is 0 Å². The van der Waals surface area contributed by atoms with Gasteiger partial charge in [-0.15, -0.1) is 0 Å². The Morgan fingerprint density at radius 1 is 1.41 bits per heavy atom. The molecule has 0 spiro atoms. The fourth-order valence-corrected chi connectivity index (χ4v) is 2.60. The third-order valence-electron chi connectivity index (χ3n) is 3.51. The van der Waals surface area contributed by atoms with Crippen LogP contribution in [-0.4, -0.2) is 22.7 Å². The number of hydrogen-bond donors (Lipinski definition) is 2. The lowest BCUT2D eigenvalue weighted by atomic mass is 10.00. The Morgan fingerprint density at radius 2 is 2.24 bits per heavy atom. The Balaban J connectivity index is 1.61. The minimum atomic E-state index is -0.199. The van der Waals surface area contributed by atoms with Gasteiger partial charge in [0.25, 0.3) is 0 Å². The third kappa shape index (κ3) is 4.44. The topological polar surface area (TPSA) is 45.1 Å². The molecule has 2 N–H and O–H groups in total. The molecule has 1 aromatic heterocycles. The van der Waals surface area contributed by atoms with E-state index in [4.69, 9.17) is 0 Å². The second-order valence-corrected chi connectivity index (χ2v) is 5.03. The van der Waals surface area contributed by atoms with Gasteiger partial charge in [-0.3, -0.25) is 4.98 Å². The molecule has 1 heterocycles. The van der Waals surface area contributed by atoms with Crippen molar-refractivity contribution in [1.29, 1.82) is 0 Å². The SMILES string of the molecule is OC(CNCc1cccnc1)CC1CCCC1. The van der Waals surface area contributed by atoms with Gasteiger partial charge in [-0.1, -0.05) is 31.7 Å². The first-order valence-electron chi connectivity index (χ1n) is 6.62. The van der Waals surface area contributed by atoms with E-state index in [1.54, 1.807) is 6.20 Å². The summed E-state index contributed by atoms with van der Waals surface area (Å²) >= 11 is 0. The van der Waals surface area contributed by atoms with Crippen molar-refractivity contribution in [3.63, 3.8) is 0 Å². The molecular weight excluding hydrogens is 212 g/mol. The molecule has 0 aliphatic heterocycles. The zero-order chi connectivity index (χ0) is 11.9. The van der Waals surface area contributed by atoms with Gasteiger partial charge in [0.2, 0.25) is 0 Å². The Bertz CT molecular complexity index is 309. The van der Waals surface area contributed by atoms with Crippen molar-refractivity contribution in [3.8, 4) is 0 Å². The zero-order valence-corrected chi connectivity index (χ0v) is 10.3. The zero-order valence-electron chi connectivity index (χ0n) is 10.3. The number of hydrogen-bond acceptors (Lipinski definition) is 3. The van der Waals surface area contributed by atoms with Crippen LogP contribution in [0.2, 0.25) is 0 Å². The van der Waals surface area contributed by atoms with Crippen molar-refractivity contribution in [3.05, 3.63) is 30.1 Å². The Hall–Kier alpha value is -0.930. The molecule has 1 aliphatic rings. The largest absolute Gasteiger partial charge is 0.392 e. The van der Waals surface area contributed by atoms with E-state index in [-0.39, 0.29) is 6.10 Å². The lowest BCUT2D eigenvalue weighted by Crippen LogP contribution is -2.27. The second kappa shape index (κ2) is 6.72. The van der Waals surface area contributed by atoms with Gasteiger partial charge in [-0.2, -0.15) is 0 Å². The summed E-state index contributed by atoms with van der Waals surface area (Å²) < 4.78 is 0. The van der Waals surface area contributed by atoms with Crippen LogP contribution in [0, 0.1) is 5.92 Å². The van der Waals surface area contributed by atoms with E-state index >= 15 is 0 Å². The van der Waals surface area contributed by atoms with Crippen molar-refractivity contribution < 1.29 is 5.11 Å². The molecular formula is C14H22N2O. The summed E-state index contributed by atoms with van der Waals surface area (Å²) in [4.78, 5) is 4.06. The van der Waals surface area contributed by atoms with Gasteiger partial charge in [0.1, 0.15) is 0 Å². The summed E-state index contributed by atoms with van der Waals surface area (Å²) in [5.41, 5.74) is 1.17. The van der Waals surface area contributed by atoms with Gasteiger partial charge in [0.15, 0.2) is 0 Å². The summed E-state index contributed by atoms with van der Waals surface area (Å²) in [7, 11) is 0. The molecule has 3 heteroatoms. The van der Waals surface area contributed by atoms with E-state index in [2.05, 4.69) is 10.3 Å². The summed E-state index contributed by atoms with van der Waals surface area (Å²) in [6.45, 7) is 1.47. The minimum Gasteiger partial charge on any atom is -0.392 e. The van der Waals surface area contributed by atoms with Crippen LogP contribution >= 0.6 is 0 Å². The molecule has 1 unspecified atom stereocenters. The van der Waals surface area contributed by atoms with Crippen LogP contribution in [0.5, 0.6) is 0 Å². The molecule has 0 saturated heterocycles. The number of aliphatic hydroxyl groups excluding tert-OH is 1.